The number of hydrogen-bond acceptors (Lipinski definition) is 3. The van der Waals surface area contributed by atoms with E-state index in [0.29, 0.717) is 5.56 Å². The molecular weight excluding hydrogens is 285 g/mol. The molecule has 0 N–H and O–H groups in total. The third-order valence-corrected chi connectivity index (χ3v) is 2.71. The molecule has 0 atom stereocenters. The van der Waals surface area contributed by atoms with Crippen LogP contribution in [0.2, 0.25) is 0 Å². The molecule has 116 valence electrons. The zero-order chi connectivity index (χ0) is 16.2. The molecule has 1 aromatic rings. The molecule has 3 nitrogen and oxygen atoms in total. The lowest BCUT2D eigenvalue weighted by Gasteiger charge is -2.15. The van der Waals surface area contributed by atoms with E-state index in [2.05, 4.69) is 0 Å². The summed E-state index contributed by atoms with van der Waals surface area (Å²) in [5.74, 6) is -0.0365. The summed E-state index contributed by atoms with van der Waals surface area (Å²) in [4.78, 5) is 11.3. The molecule has 0 bridgehead atoms. The van der Waals surface area contributed by atoms with Gasteiger partial charge in [-0.2, -0.15) is 13.2 Å². The molecule has 0 saturated carbocycles. The van der Waals surface area contributed by atoms with Crippen LogP contribution in [0.15, 0.2) is 24.0 Å². The lowest BCUT2D eigenvalue weighted by atomic mass is 10.0. The van der Waals surface area contributed by atoms with Crippen molar-refractivity contribution in [1.29, 1.82) is 0 Å². The first-order chi connectivity index (χ1) is 9.65. The second-order valence-corrected chi connectivity index (χ2v) is 4.54. The molecule has 0 heterocycles. The summed E-state index contributed by atoms with van der Waals surface area (Å²) in [6, 6.07) is 2.34. The summed E-state index contributed by atoms with van der Waals surface area (Å²) in [5, 5.41) is 0. The molecule has 0 aromatic heterocycles. The Morgan fingerprint density at radius 3 is 2.38 bits per heavy atom. The number of alkyl halides is 3. The van der Waals surface area contributed by atoms with E-state index in [1.54, 1.807) is 6.92 Å². The third-order valence-electron chi connectivity index (χ3n) is 2.71. The number of aryl methyl sites for hydroxylation is 2. The van der Waals surface area contributed by atoms with Crippen LogP contribution in [0.3, 0.4) is 0 Å². The number of halogens is 3. The van der Waals surface area contributed by atoms with Gasteiger partial charge in [0.25, 0.3) is 0 Å². The Morgan fingerprint density at radius 2 is 1.86 bits per heavy atom. The summed E-state index contributed by atoms with van der Waals surface area (Å²) in [5.41, 5.74) is -0.295. The largest absolute Gasteiger partial charge is 0.463 e. The van der Waals surface area contributed by atoms with E-state index in [1.807, 2.05) is 0 Å². The highest BCUT2D eigenvalue weighted by Crippen LogP contribution is 2.35. The van der Waals surface area contributed by atoms with Crippen molar-refractivity contribution in [2.24, 2.45) is 0 Å². The number of esters is 1. The first-order valence-electron chi connectivity index (χ1n) is 6.36. The van der Waals surface area contributed by atoms with Crippen molar-refractivity contribution in [2.45, 2.75) is 33.9 Å². The SMILES string of the molecule is CCOC(=O)/C=C(\C)Oc1cc(C)c(C(F)(F)F)cc1C. The molecule has 0 aliphatic rings. The van der Waals surface area contributed by atoms with Crippen LogP contribution in [0.5, 0.6) is 5.75 Å². The average Bonchev–Trinajstić information content (AvgIpc) is 2.31. The normalized spacial score (nSPS) is 12.2. The Hall–Kier alpha value is -1.98. The van der Waals surface area contributed by atoms with Crippen molar-refractivity contribution < 1.29 is 27.4 Å². The van der Waals surface area contributed by atoms with Crippen molar-refractivity contribution in [3.63, 3.8) is 0 Å². The number of hydrogen-bond donors (Lipinski definition) is 0. The molecule has 0 saturated heterocycles. The number of ether oxygens (including phenoxy) is 2. The maximum absolute atomic E-state index is 12.8. The summed E-state index contributed by atoms with van der Waals surface area (Å²) < 4.78 is 48.4. The first kappa shape index (κ1) is 17.1. The van der Waals surface area contributed by atoms with Crippen LogP contribution in [0.1, 0.15) is 30.5 Å². The minimum atomic E-state index is -4.40. The number of carbonyl (C=O) groups is 1. The highest BCUT2D eigenvalue weighted by atomic mass is 19.4. The van der Waals surface area contributed by atoms with Crippen molar-refractivity contribution in [3.8, 4) is 5.75 Å². The van der Waals surface area contributed by atoms with Gasteiger partial charge >= 0.3 is 12.1 Å². The van der Waals surface area contributed by atoms with E-state index in [4.69, 9.17) is 9.47 Å². The first-order valence-corrected chi connectivity index (χ1v) is 6.36. The van der Waals surface area contributed by atoms with Gasteiger partial charge in [0.05, 0.1) is 18.2 Å². The molecule has 0 radical (unpaired) electrons. The Morgan fingerprint density at radius 1 is 1.24 bits per heavy atom. The van der Waals surface area contributed by atoms with Gasteiger partial charge in [-0.1, -0.05) is 0 Å². The van der Waals surface area contributed by atoms with Gasteiger partial charge in [0.1, 0.15) is 11.5 Å². The van der Waals surface area contributed by atoms with Crippen LogP contribution in [0, 0.1) is 13.8 Å². The second-order valence-electron chi connectivity index (χ2n) is 4.54. The molecule has 0 amide bonds. The maximum Gasteiger partial charge on any atom is 0.416 e. The molecule has 1 aromatic carbocycles. The number of carbonyl (C=O) groups excluding carboxylic acids is 1. The third kappa shape index (κ3) is 4.81. The van der Waals surface area contributed by atoms with E-state index in [-0.39, 0.29) is 23.7 Å². The summed E-state index contributed by atoms with van der Waals surface area (Å²) in [6.45, 7) is 6.32. The van der Waals surface area contributed by atoms with Crippen LogP contribution in [-0.4, -0.2) is 12.6 Å². The molecule has 0 aliphatic heterocycles. The van der Waals surface area contributed by atoms with Gasteiger partial charge in [-0.05, 0) is 51.0 Å². The fourth-order valence-corrected chi connectivity index (χ4v) is 1.76. The molecule has 1 rings (SSSR count). The van der Waals surface area contributed by atoms with E-state index in [9.17, 15) is 18.0 Å². The number of allylic oxidation sites excluding steroid dienone is 1. The molecule has 0 spiro atoms. The van der Waals surface area contributed by atoms with E-state index >= 15 is 0 Å². The van der Waals surface area contributed by atoms with Gasteiger partial charge in [-0.15, -0.1) is 0 Å². The van der Waals surface area contributed by atoms with Crippen LogP contribution < -0.4 is 4.74 Å². The molecule has 0 unspecified atom stereocenters. The Balaban J connectivity index is 3.01. The van der Waals surface area contributed by atoms with Crippen molar-refractivity contribution in [2.75, 3.05) is 6.61 Å². The smallest absolute Gasteiger partial charge is 0.416 e. The standard InChI is InChI=1S/C15H17F3O3/c1-5-20-14(19)8-11(4)21-13-7-9(2)12(6-10(13)3)15(16,17)18/h6-8H,5H2,1-4H3/b11-8+. The fourth-order valence-electron chi connectivity index (χ4n) is 1.76. The highest BCUT2D eigenvalue weighted by molar-refractivity contribution is 5.82. The van der Waals surface area contributed by atoms with Gasteiger partial charge in [0.2, 0.25) is 0 Å². The predicted octanol–water partition coefficient (Wildman–Crippen LogP) is 4.17. The minimum Gasteiger partial charge on any atom is -0.463 e. The topological polar surface area (TPSA) is 35.5 Å². The molecule has 0 fully saturated rings. The maximum atomic E-state index is 12.8. The van der Waals surface area contributed by atoms with Crippen LogP contribution in [0.4, 0.5) is 13.2 Å². The zero-order valence-electron chi connectivity index (χ0n) is 12.3. The Labute approximate surface area is 121 Å². The molecule has 6 heteroatoms. The van der Waals surface area contributed by atoms with Gasteiger partial charge in [0.15, 0.2) is 0 Å². The molecule has 0 aliphatic carbocycles. The van der Waals surface area contributed by atoms with Crippen LogP contribution in [0.25, 0.3) is 0 Å². The molecular formula is C15H17F3O3. The van der Waals surface area contributed by atoms with E-state index in [1.165, 1.54) is 26.8 Å². The lowest BCUT2D eigenvalue weighted by molar-refractivity contribution is -0.138. The zero-order valence-corrected chi connectivity index (χ0v) is 12.3. The summed E-state index contributed by atoms with van der Waals surface area (Å²) in [7, 11) is 0. The highest BCUT2D eigenvalue weighted by Gasteiger charge is 2.33. The minimum absolute atomic E-state index is 0.0621. The average molecular weight is 302 g/mol. The van der Waals surface area contributed by atoms with E-state index < -0.39 is 17.7 Å². The van der Waals surface area contributed by atoms with Crippen LogP contribution in [-0.2, 0) is 15.7 Å². The van der Waals surface area contributed by atoms with E-state index in [0.717, 1.165) is 12.1 Å². The summed E-state index contributed by atoms with van der Waals surface area (Å²) >= 11 is 0. The quantitative estimate of drug-likeness (QED) is 0.476. The van der Waals surface area contributed by atoms with Crippen molar-refractivity contribution in [1.82, 2.24) is 0 Å². The van der Waals surface area contributed by atoms with Gasteiger partial charge in [-0.3, -0.25) is 0 Å². The fraction of sp³-hybridized carbons (Fsp3) is 0.400. The van der Waals surface area contributed by atoms with Gasteiger partial charge in [-0.25, -0.2) is 4.79 Å². The predicted molar refractivity (Wildman–Crippen MR) is 71.9 cm³/mol. The second kappa shape index (κ2) is 6.65. The monoisotopic (exact) mass is 302 g/mol. The van der Waals surface area contributed by atoms with Crippen molar-refractivity contribution in [3.05, 3.63) is 40.7 Å². The Kier molecular flexibility index (Phi) is 5.41. The number of benzene rings is 1. The van der Waals surface area contributed by atoms with Gasteiger partial charge < -0.3 is 9.47 Å². The van der Waals surface area contributed by atoms with Gasteiger partial charge in [0, 0.05) is 0 Å². The number of rotatable bonds is 4. The Bertz CT molecular complexity index is 560. The molecule has 21 heavy (non-hydrogen) atoms. The van der Waals surface area contributed by atoms with Crippen LogP contribution >= 0.6 is 0 Å². The van der Waals surface area contributed by atoms with Crippen molar-refractivity contribution >= 4 is 5.97 Å². The summed E-state index contributed by atoms with van der Waals surface area (Å²) in [6.07, 6.45) is -3.25. The lowest BCUT2D eigenvalue weighted by Crippen LogP contribution is -2.09.